The lowest BCUT2D eigenvalue weighted by atomic mass is 9.70. The Hall–Kier alpha value is -0.730. The van der Waals surface area contributed by atoms with Crippen molar-refractivity contribution in [3.63, 3.8) is 0 Å². The fourth-order valence-electron chi connectivity index (χ4n) is 2.93. The van der Waals surface area contributed by atoms with Gasteiger partial charge in [-0.2, -0.15) is 0 Å². The zero-order valence-corrected chi connectivity index (χ0v) is 11.6. The van der Waals surface area contributed by atoms with Gasteiger partial charge in [-0.1, -0.05) is 24.9 Å². The monoisotopic (exact) mass is 265 g/mol. The second kappa shape index (κ2) is 4.75. The van der Waals surface area contributed by atoms with Crippen molar-refractivity contribution in [3.05, 3.63) is 28.3 Å². The van der Waals surface area contributed by atoms with E-state index in [1.165, 1.54) is 30.4 Å². The Morgan fingerprint density at radius 1 is 1.39 bits per heavy atom. The summed E-state index contributed by atoms with van der Waals surface area (Å²) in [5, 5.41) is 4.39. The molecular formula is C15H20ClNO. The van der Waals surface area contributed by atoms with Gasteiger partial charge in [-0.3, -0.25) is 0 Å². The van der Waals surface area contributed by atoms with Crippen LogP contribution in [-0.4, -0.2) is 13.2 Å². The molecule has 0 aromatic heterocycles. The molecule has 1 saturated carbocycles. The number of nitrogens with one attached hydrogen (secondary N) is 1. The Labute approximate surface area is 114 Å². The summed E-state index contributed by atoms with van der Waals surface area (Å²) in [7, 11) is 0. The van der Waals surface area contributed by atoms with Crippen molar-refractivity contribution < 1.29 is 4.74 Å². The van der Waals surface area contributed by atoms with Crippen molar-refractivity contribution in [3.8, 4) is 5.75 Å². The summed E-state index contributed by atoms with van der Waals surface area (Å²) in [5.74, 6) is 1.06. The van der Waals surface area contributed by atoms with Crippen LogP contribution in [0.3, 0.4) is 0 Å². The molecule has 0 radical (unpaired) electrons. The molecule has 1 fully saturated rings. The van der Waals surface area contributed by atoms with Crippen molar-refractivity contribution >= 4 is 11.6 Å². The number of hydrogen-bond acceptors (Lipinski definition) is 2. The Morgan fingerprint density at radius 2 is 2.22 bits per heavy atom. The Morgan fingerprint density at radius 3 is 2.94 bits per heavy atom. The molecule has 0 atom stereocenters. The highest BCUT2D eigenvalue weighted by Gasteiger charge is 2.31. The number of halogens is 1. The molecule has 0 unspecified atom stereocenters. The van der Waals surface area contributed by atoms with E-state index in [1.54, 1.807) is 0 Å². The fourth-order valence-corrected chi connectivity index (χ4v) is 3.20. The van der Waals surface area contributed by atoms with Gasteiger partial charge in [0.05, 0.1) is 6.61 Å². The molecule has 1 N–H and O–H groups in total. The minimum Gasteiger partial charge on any atom is -0.493 e. The van der Waals surface area contributed by atoms with Gasteiger partial charge in [0.15, 0.2) is 0 Å². The van der Waals surface area contributed by atoms with Gasteiger partial charge in [0.2, 0.25) is 0 Å². The third kappa shape index (κ3) is 2.36. The maximum Gasteiger partial charge on any atom is 0.127 e. The van der Waals surface area contributed by atoms with Crippen molar-refractivity contribution in [1.29, 1.82) is 0 Å². The lowest BCUT2D eigenvalue weighted by Gasteiger charge is -2.38. The first kappa shape index (κ1) is 12.3. The summed E-state index contributed by atoms with van der Waals surface area (Å²) in [6.07, 6.45) is 5.07. The Balaban J connectivity index is 1.65. The highest BCUT2D eigenvalue weighted by atomic mass is 35.5. The van der Waals surface area contributed by atoms with Gasteiger partial charge in [-0.15, -0.1) is 0 Å². The Kier molecular flexibility index (Phi) is 3.25. The lowest BCUT2D eigenvalue weighted by Crippen LogP contribution is -2.37. The smallest absolute Gasteiger partial charge is 0.127 e. The summed E-state index contributed by atoms with van der Waals surface area (Å²) >= 11 is 6.15. The molecule has 1 aliphatic heterocycles. The zero-order valence-electron chi connectivity index (χ0n) is 10.9. The van der Waals surface area contributed by atoms with Gasteiger partial charge in [0.25, 0.3) is 0 Å². The van der Waals surface area contributed by atoms with Crippen LogP contribution in [0.2, 0.25) is 5.02 Å². The molecule has 3 heteroatoms. The number of hydrogen-bond donors (Lipinski definition) is 1. The SMILES string of the molecule is CC1(CNCc2cc(Cl)cc3c2OCC3)CCC1. The van der Waals surface area contributed by atoms with E-state index < -0.39 is 0 Å². The van der Waals surface area contributed by atoms with Crippen LogP contribution in [0.1, 0.15) is 37.3 Å². The predicted octanol–water partition coefficient (Wildman–Crippen LogP) is 3.55. The predicted molar refractivity (Wildman–Crippen MR) is 74.3 cm³/mol. The van der Waals surface area contributed by atoms with Crippen molar-refractivity contribution in [2.75, 3.05) is 13.2 Å². The molecule has 2 nitrogen and oxygen atoms in total. The van der Waals surface area contributed by atoms with Crippen molar-refractivity contribution in [2.24, 2.45) is 5.41 Å². The third-order valence-corrected chi connectivity index (χ3v) is 4.47. The summed E-state index contributed by atoms with van der Waals surface area (Å²) in [4.78, 5) is 0. The normalized spacial score (nSPS) is 20.1. The second-order valence-electron chi connectivity index (χ2n) is 5.92. The van der Waals surface area contributed by atoms with E-state index in [0.717, 1.165) is 36.9 Å². The first-order valence-corrected chi connectivity index (χ1v) is 7.19. The second-order valence-corrected chi connectivity index (χ2v) is 6.36. The number of fused-ring (bicyclic) bond motifs is 1. The summed E-state index contributed by atoms with van der Waals surface area (Å²) in [6, 6.07) is 4.06. The molecule has 18 heavy (non-hydrogen) atoms. The maximum atomic E-state index is 6.15. The highest BCUT2D eigenvalue weighted by molar-refractivity contribution is 6.30. The molecule has 0 bridgehead atoms. The largest absolute Gasteiger partial charge is 0.493 e. The third-order valence-electron chi connectivity index (χ3n) is 4.25. The van der Waals surface area contributed by atoms with Crippen LogP contribution >= 0.6 is 11.6 Å². The van der Waals surface area contributed by atoms with Crippen LogP contribution in [-0.2, 0) is 13.0 Å². The van der Waals surface area contributed by atoms with Gasteiger partial charge in [0, 0.05) is 30.1 Å². The lowest BCUT2D eigenvalue weighted by molar-refractivity contribution is 0.156. The van der Waals surface area contributed by atoms with Gasteiger partial charge in [0.1, 0.15) is 5.75 Å². The number of benzene rings is 1. The van der Waals surface area contributed by atoms with E-state index >= 15 is 0 Å². The van der Waals surface area contributed by atoms with E-state index in [9.17, 15) is 0 Å². The molecule has 98 valence electrons. The minimum absolute atomic E-state index is 0.516. The standard InChI is InChI=1S/C15H20ClNO/c1-15(4-2-5-15)10-17-9-12-8-13(16)7-11-3-6-18-14(11)12/h7-8,17H,2-6,9-10H2,1H3. The Bertz CT molecular complexity index is 454. The van der Waals surface area contributed by atoms with Crippen molar-refractivity contribution in [2.45, 2.75) is 39.2 Å². The molecule has 3 rings (SSSR count). The average molecular weight is 266 g/mol. The molecule has 1 aromatic carbocycles. The summed E-state index contributed by atoms with van der Waals surface area (Å²) in [6.45, 7) is 5.11. The molecule has 2 aliphatic rings. The molecule has 0 amide bonds. The molecule has 0 saturated heterocycles. The number of rotatable bonds is 4. The molecule has 0 spiro atoms. The van der Waals surface area contributed by atoms with Gasteiger partial charge >= 0.3 is 0 Å². The van der Waals surface area contributed by atoms with E-state index in [1.807, 2.05) is 12.1 Å². The van der Waals surface area contributed by atoms with Crippen LogP contribution < -0.4 is 10.1 Å². The first-order valence-electron chi connectivity index (χ1n) is 6.81. The van der Waals surface area contributed by atoms with Gasteiger partial charge in [-0.05, 0) is 36.0 Å². The van der Waals surface area contributed by atoms with Gasteiger partial charge < -0.3 is 10.1 Å². The molecule has 1 aliphatic carbocycles. The van der Waals surface area contributed by atoms with Crippen LogP contribution in [0.5, 0.6) is 5.75 Å². The molecular weight excluding hydrogens is 246 g/mol. The van der Waals surface area contributed by atoms with Crippen LogP contribution in [0.15, 0.2) is 12.1 Å². The molecule has 1 heterocycles. The summed E-state index contributed by atoms with van der Waals surface area (Å²) in [5.41, 5.74) is 2.98. The van der Waals surface area contributed by atoms with E-state index in [4.69, 9.17) is 16.3 Å². The molecule has 1 aromatic rings. The first-order chi connectivity index (χ1) is 8.66. The fraction of sp³-hybridized carbons (Fsp3) is 0.600. The zero-order chi connectivity index (χ0) is 12.6. The van der Waals surface area contributed by atoms with Gasteiger partial charge in [-0.25, -0.2) is 0 Å². The topological polar surface area (TPSA) is 21.3 Å². The maximum absolute atomic E-state index is 6.15. The number of ether oxygens (including phenoxy) is 1. The average Bonchev–Trinajstić information content (AvgIpc) is 2.74. The van der Waals surface area contributed by atoms with Crippen LogP contribution in [0, 0.1) is 5.41 Å². The quantitative estimate of drug-likeness (QED) is 0.899. The van der Waals surface area contributed by atoms with E-state index in [0.29, 0.717) is 5.41 Å². The van der Waals surface area contributed by atoms with Crippen LogP contribution in [0.4, 0.5) is 0 Å². The van der Waals surface area contributed by atoms with Crippen molar-refractivity contribution in [1.82, 2.24) is 5.32 Å². The van der Waals surface area contributed by atoms with Crippen LogP contribution in [0.25, 0.3) is 0 Å². The van der Waals surface area contributed by atoms with E-state index in [2.05, 4.69) is 12.2 Å². The van der Waals surface area contributed by atoms with E-state index in [-0.39, 0.29) is 0 Å². The highest BCUT2D eigenvalue weighted by Crippen LogP contribution is 2.39. The minimum atomic E-state index is 0.516. The summed E-state index contributed by atoms with van der Waals surface area (Å²) < 4.78 is 5.71.